The van der Waals surface area contributed by atoms with Crippen LogP contribution in [-0.2, 0) is 5.41 Å². The van der Waals surface area contributed by atoms with Gasteiger partial charge in [0.2, 0.25) is 0 Å². The fourth-order valence-electron chi connectivity index (χ4n) is 9.74. The maximum Gasteiger partial charge on any atom is 0.136 e. The summed E-state index contributed by atoms with van der Waals surface area (Å²) in [4.78, 5) is 2.38. The van der Waals surface area contributed by atoms with Crippen molar-refractivity contribution in [2.45, 2.75) is 19.3 Å². The fourth-order valence-corrected chi connectivity index (χ4v) is 9.74. The van der Waals surface area contributed by atoms with Crippen LogP contribution in [0.15, 0.2) is 174 Å². The Balaban J connectivity index is 1.08. The minimum Gasteiger partial charge on any atom is -0.456 e. The van der Waals surface area contributed by atoms with E-state index in [1.807, 2.05) is 0 Å². The molecule has 9 aromatic carbocycles. The van der Waals surface area contributed by atoms with E-state index in [4.69, 9.17) is 4.42 Å². The molecule has 0 amide bonds. The van der Waals surface area contributed by atoms with Crippen molar-refractivity contribution in [1.29, 1.82) is 0 Å². The van der Waals surface area contributed by atoms with Gasteiger partial charge in [0, 0.05) is 49.7 Å². The van der Waals surface area contributed by atoms with Crippen molar-refractivity contribution in [3.8, 4) is 16.8 Å². The smallest absolute Gasteiger partial charge is 0.136 e. The number of hydrogen-bond acceptors (Lipinski definition) is 2. The van der Waals surface area contributed by atoms with Crippen LogP contribution in [0.4, 0.5) is 17.1 Å². The molecule has 3 nitrogen and oxygen atoms in total. The van der Waals surface area contributed by atoms with Crippen LogP contribution >= 0.6 is 0 Å². The normalized spacial score (nSPS) is 13.5. The SMILES string of the molecule is CC1(C)c2ccccc2-c2ccc(N(c3ccccc3)c3ccc(-n4c5cccc6c7ccccc7c7cccc8oc9ccc4c(c9c87)c65)cc3)cc21. The van der Waals surface area contributed by atoms with Gasteiger partial charge in [-0.05, 0) is 117 Å². The molecule has 54 heavy (non-hydrogen) atoms. The third-order valence-electron chi connectivity index (χ3n) is 12.1. The highest BCUT2D eigenvalue weighted by atomic mass is 16.3. The Hall–Kier alpha value is -6.84. The summed E-state index contributed by atoms with van der Waals surface area (Å²) in [5, 5.41) is 9.83. The summed E-state index contributed by atoms with van der Waals surface area (Å²) in [6.07, 6.45) is 0. The molecule has 0 spiro atoms. The minimum atomic E-state index is -0.0853. The lowest BCUT2D eigenvalue weighted by Crippen LogP contribution is -2.16. The van der Waals surface area contributed by atoms with E-state index < -0.39 is 0 Å². The van der Waals surface area contributed by atoms with E-state index in [0.717, 1.165) is 33.9 Å². The summed E-state index contributed by atoms with van der Waals surface area (Å²) in [6.45, 7) is 4.70. The predicted octanol–water partition coefficient (Wildman–Crippen LogP) is 14.2. The van der Waals surface area contributed by atoms with Gasteiger partial charge in [-0.15, -0.1) is 0 Å². The van der Waals surface area contributed by atoms with Crippen LogP contribution in [0.25, 0.3) is 82.1 Å². The van der Waals surface area contributed by atoms with Crippen LogP contribution in [0.1, 0.15) is 25.0 Å². The highest BCUT2D eigenvalue weighted by Crippen LogP contribution is 2.51. The van der Waals surface area contributed by atoms with Crippen LogP contribution in [0.5, 0.6) is 0 Å². The lowest BCUT2D eigenvalue weighted by atomic mass is 9.82. The second-order valence-electron chi connectivity index (χ2n) is 15.3. The van der Waals surface area contributed by atoms with Gasteiger partial charge in [-0.25, -0.2) is 0 Å². The van der Waals surface area contributed by atoms with Gasteiger partial charge in [0.25, 0.3) is 0 Å². The fraction of sp³-hybridized carbons (Fsp3) is 0.0588. The molecule has 254 valence electrons. The van der Waals surface area contributed by atoms with Crippen molar-refractivity contribution >= 4 is 82.4 Å². The second-order valence-corrected chi connectivity index (χ2v) is 15.3. The Morgan fingerprint density at radius 3 is 1.85 bits per heavy atom. The highest BCUT2D eigenvalue weighted by Gasteiger charge is 2.35. The molecule has 1 aliphatic rings. The molecule has 0 radical (unpaired) electrons. The Labute approximate surface area is 312 Å². The molecule has 3 heteroatoms. The molecule has 2 heterocycles. The van der Waals surface area contributed by atoms with E-state index in [0.29, 0.717) is 0 Å². The Morgan fingerprint density at radius 1 is 0.426 bits per heavy atom. The molecule has 0 saturated carbocycles. The lowest BCUT2D eigenvalue weighted by Gasteiger charge is -2.28. The summed E-state index contributed by atoms with van der Waals surface area (Å²) in [6, 6.07) is 62.1. The standard InChI is InChI=1S/C51H34N2O/c1-51(2)41-19-9-8-16-37(41)38-27-26-34(30-42(38)51)52(31-12-4-3-5-13-31)32-22-24-33(25-23-32)53-43-20-10-17-39-35-14-6-7-15-36(35)40-18-11-21-45-48(40)50-46(54-45)29-28-44(53)49(50)47(39)43/h3-30H,1-2H3. The van der Waals surface area contributed by atoms with E-state index in [2.05, 4.69) is 193 Å². The Bertz CT molecular complexity index is 3290. The zero-order chi connectivity index (χ0) is 35.7. The van der Waals surface area contributed by atoms with Crippen LogP contribution < -0.4 is 4.90 Å². The van der Waals surface area contributed by atoms with Gasteiger partial charge in [-0.1, -0.05) is 111 Å². The van der Waals surface area contributed by atoms with Crippen molar-refractivity contribution < 1.29 is 4.42 Å². The first kappa shape index (κ1) is 29.7. The highest BCUT2D eigenvalue weighted by molar-refractivity contribution is 6.38. The number of rotatable bonds is 4. The van der Waals surface area contributed by atoms with E-state index in [9.17, 15) is 0 Å². The quantitative estimate of drug-likeness (QED) is 0.183. The third-order valence-corrected chi connectivity index (χ3v) is 12.1. The van der Waals surface area contributed by atoms with E-state index in [-0.39, 0.29) is 5.41 Å². The number of anilines is 3. The number of fused-ring (bicyclic) bond motifs is 6. The second kappa shape index (κ2) is 10.6. The van der Waals surface area contributed by atoms with Crippen LogP contribution in [0.2, 0.25) is 0 Å². The molecule has 11 aromatic rings. The maximum absolute atomic E-state index is 6.58. The summed E-state index contributed by atoms with van der Waals surface area (Å²) in [5.41, 5.74) is 14.0. The molecule has 1 aliphatic carbocycles. The molecular formula is C51H34N2O. The van der Waals surface area contributed by atoms with E-state index >= 15 is 0 Å². The van der Waals surface area contributed by atoms with Gasteiger partial charge in [-0.2, -0.15) is 0 Å². The summed E-state index contributed by atoms with van der Waals surface area (Å²) in [5.74, 6) is 0. The van der Waals surface area contributed by atoms with Crippen molar-refractivity contribution in [3.63, 3.8) is 0 Å². The average molecular weight is 691 g/mol. The molecule has 0 aliphatic heterocycles. The van der Waals surface area contributed by atoms with Gasteiger partial charge in [0.1, 0.15) is 11.2 Å². The third kappa shape index (κ3) is 3.85. The van der Waals surface area contributed by atoms with Crippen molar-refractivity contribution in [2.75, 3.05) is 4.90 Å². The van der Waals surface area contributed by atoms with Crippen LogP contribution in [0.3, 0.4) is 0 Å². The lowest BCUT2D eigenvalue weighted by molar-refractivity contribution is 0.660. The molecular weight excluding hydrogens is 657 g/mol. The molecule has 12 rings (SSSR count). The van der Waals surface area contributed by atoms with Crippen molar-refractivity contribution in [1.82, 2.24) is 4.57 Å². The number of aromatic nitrogens is 1. The monoisotopic (exact) mass is 690 g/mol. The molecule has 0 atom stereocenters. The number of nitrogens with zero attached hydrogens (tertiary/aromatic N) is 2. The number of para-hydroxylation sites is 1. The first-order valence-corrected chi connectivity index (χ1v) is 18.8. The zero-order valence-electron chi connectivity index (χ0n) is 30.0. The molecule has 0 fully saturated rings. The first-order chi connectivity index (χ1) is 26.6. The number of furan rings is 1. The number of hydrogen-bond donors (Lipinski definition) is 0. The molecule has 2 aromatic heterocycles. The van der Waals surface area contributed by atoms with Gasteiger partial charge in [-0.3, -0.25) is 0 Å². The molecule has 0 N–H and O–H groups in total. The first-order valence-electron chi connectivity index (χ1n) is 18.8. The van der Waals surface area contributed by atoms with Crippen LogP contribution in [0, 0.1) is 0 Å². The maximum atomic E-state index is 6.58. The predicted molar refractivity (Wildman–Crippen MR) is 227 cm³/mol. The van der Waals surface area contributed by atoms with Gasteiger partial charge >= 0.3 is 0 Å². The van der Waals surface area contributed by atoms with E-state index in [1.165, 1.54) is 76.4 Å². The summed E-state index contributed by atoms with van der Waals surface area (Å²) < 4.78 is 9.01. The zero-order valence-corrected chi connectivity index (χ0v) is 30.0. The largest absolute Gasteiger partial charge is 0.456 e. The molecule has 0 bridgehead atoms. The Morgan fingerprint density at radius 2 is 1.04 bits per heavy atom. The molecule has 0 saturated heterocycles. The minimum absolute atomic E-state index is 0.0853. The average Bonchev–Trinajstić information content (AvgIpc) is 3.84. The summed E-state index contributed by atoms with van der Waals surface area (Å²) in [7, 11) is 0. The van der Waals surface area contributed by atoms with Crippen molar-refractivity contribution in [3.05, 3.63) is 181 Å². The summed E-state index contributed by atoms with van der Waals surface area (Å²) >= 11 is 0. The topological polar surface area (TPSA) is 21.3 Å². The van der Waals surface area contributed by atoms with Gasteiger partial charge < -0.3 is 13.9 Å². The number of benzene rings is 8. The molecule has 0 unspecified atom stereocenters. The Kier molecular flexibility index (Phi) is 5.84. The van der Waals surface area contributed by atoms with Gasteiger partial charge in [0.15, 0.2) is 0 Å². The van der Waals surface area contributed by atoms with Crippen molar-refractivity contribution in [2.24, 2.45) is 0 Å². The van der Waals surface area contributed by atoms with E-state index in [1.54, 1.807) is 0 Å². The van der Waals surface area contributed by atoms with Gasteiger partial charge in [0.05, 0.1) is 11.0 Å². The van der Waals surface area contributed by atoms with Crippen LogP contribution in [-0.4, -0.2) is 4.57 Å².